The fraction of sp³-hybridized carbons (Fsp3) is 0.407. The van der Waals surface area contributed by atoms with Crippen molar-refractivity contribution in [1.29, 1.82) is 0 Å². The van der Waals surface area contributed by atoms with Crippen LogP contribution in [0.2, 0.25) is 0 Å². The Hall–Kier alpha value is -3.68. The van der Waals surface area contributed by atoms with Crippen LogP contribution in [0.3, 0.4) is 0 Å². The average molecular weight is 474 g/mol. The fourth-order valence-electron chi connectivity index (χ4n) is 4.86. The predicted octanol–water partition coefficient (Wildman–Crippen LogP) is 5.04. The van der Waals surface area contributed by atoms with E-state index in [2.05, 4.69) is 25.0 Å². The van der Waals surface area contributed by atoms with Crippen LogP contribution in [0.1, 0.15) is 54.8 Å². The number of hydrogen-bond donors (Lipinski definition) is 1. The van der Waals surface area contributed by atoms with Gasteiger partial charge in [0.15, 0.2) is 0 Å². The van der Waals surface area contributed by atoms with E-state index in [9.17, 15) is 4.79 Å². The van der Waals surface area contributed by atoms with Gasteiger partial charge in [0.2, 0.25) is 11.7 Å². The minimum atomic E-state index is -0.134. The highest BCUT2D eigenvalue weighted by Crippen LogP contribution is 2.29. The highest BCUT2D eigenvalue weighted by Gasteiger charge is 2.17. The third kappa shape index (κ3) is 5.37. The number of nitrogens with zero attached hydrogens (tertiary/aromatic N) is 4. The Balaban J connectivity index is 1.16. The van der Waals surface area contributed by atoms with E-state index in [4.69, 9.17) is 9.26 Å². The molecule has 2 aromatic carbocycles. The van der Waals surface area contributed by atoms with Gasteiger partial charge in [0, 0.05) is 25.1 Å². The van der Waals surface area contributed by atoms with E-state index in [1.165, 1.54) is 25.7 Å². The van der Waals surface area contributed by atoms with Crippen molar-refractivity contribution < 1.29 is 14.1 Å². The molecule has 35 heavy (non-hydrogen) atoms. The molecule has 1 saturated carbocycles. The first-order valence-corrected chi connectivity index (χ1v) is 12.4. The van der Waals surface area contributed by atoms with E-state index in [1.807, 2.05) is 36.7 Å². The number of rotatable bonds is 10. The number of aromatic nitrogens is 4. The summed E-state index contributed by atoms with van der Waals surface area (Å²) in [5.41, 5.74) is 3.37. The molecule has 1 N–H and O–H groups in total. The normalized spacial score (nSPS) is 14.0. The summed E-state index contributed by atoms with van der Waals surface area (Å²) in [6, 6.07) is 13.3. The van der Waals surface area contributed by atoms with Crippen molar-refractivity contribution in [3.63, 3.8) is 0 Å². The van der Waals surface area contributed by atoms with Crippen LogP contribution in [0, 0.1) is 5.92 Å². The van der Waals surface area contributed by atoms with Gasteiger partial charge in [0.05, 0.1) is 30.0 Å². The lowest BCUT2D eigenvalue weighted by Crippen LogP contribution is -2.25. The molecule has 2 heterocycles. The smallest absolute Gasteiger partial charge is 0.255 e. The van der Waals surface area contributed by atoms with Crippen molar-refractivity contribution in [2.24, 2.45) is 5.92 Å². The molecule has 8 nitrogen and oxygen atoms in total. The monoisotopic (exact) mass is 473 g/mol. The van der Waals surface area contributed by atoms with Crippen LogP contribution in [0.25, 0.3) is 22.4 Å². The van der Waals surface area contributed by atoms with Crippen LogP contribution in [-0.2, 0) is 13.0 Å². The first-order valence-electron chi connectivity index (χ1n) is 12.4. The number of para-hydroxylation sites is 1. The maximum Gasteiger partial charge on any atom is 0.255 e. The minimum absolute atomic E-state index is 0.134. The number of nitrogens with one attached hydrogen (secondary N) is 1. The molecular weight excluding hydrogens is 442 g/mol. The first kappa shape index (κ1) is 23.1. The molecule has 1 fully saturated rings. The summed E-state index contributed by atoms with van der Waals surface area (Å²) in [5.74, 6) is 2.57. The van der Waals surface area contributed by atoms with Crippen LogP contribution < -0.4 is 10.1 Å². The summed E-state index contributed by atoms with van der Waals surface area (Å²) < 4.78 is 12.9. The van der Waals surface area contributed by atoms with E-state index >= 15 is 0 Å². The van der Waals surface area contributed by atoms with Gasteiger partial charge in [-0.1, -0.05) is 43.0 Å². The number of amides is 1. The number of carbonyl (C=O) groups is 1. The van der Waals surface area contributed by atoms with Gasteiger partial charge in [-0.15, -0.1) is 0 Å². The number of carbonyl (C=O) groups excluding carboxylic acids is 1. The second kappa shape index (κ2) is 10.7. The van der Waals surface area contributed by atoms with Gasteiger partial charge < -0.3 is 19.1 Å². The van der Waals surface area contributed by atoms with Gasteiger partial charge in [0.1, 0.15) is 5.75 Å². The Morgan fingerprint density at radius 1 is 1.20 bits per heavy atom. The van der Waals surface area contributed by atoms with Crippen molar-refractivity contribution in [3.8, 4) is 17.1 Å². The largest absolute Gasteiger partial charge is 0.496 e. The molecule has 0 aliphatic heterocycles. The molecule has 182 valence electrons. The number of benzene rings is 2. The number of ether oxygens (including phenoxy) is 1. The van der Waals surface area contributed by atoms with Crippen molar-refractivity contribution in [2.45, 2.75) is 51.5 Å². The quantitative estimate of drug-likeness (QED) is 0.324. The van der Waals surface area contributed by atoms with Crippen LogP contribution in [-0.4, -0.2) is 39.3 Å². The van der Waals surface area contributed by atoms with Crippen LogP contribution in [0.4, 0.5) is 0 Å². The maximum absolute atomic E-state index is 12.4. The van der Waals surface area contributed by atoms with Crippen molar-refractivity contribution >= 4 is 16.9 Å². The molecule has 0 saturated heterocycles. The van der Waals surface area contributed by atoms with Crippen LogP contribution in [0.15, 0.2) is 53.3 Å². The molecule has 0 bridgehead atoms. The summed E-state index contributed by atoms with van der Waals surface area (Å²) in [4.78, 5) is 21.6. The number of imidazole rings is 1. The zero-order chi connectivity index (χ0) is 24.0. The number of methoxy groups -OCH3 is 1. The maximum atomic E-state index is 12.4. The molecule has 0 spiro atoms. The van der Waals surface area contributed by atoms with Crippen molar-refractivity contribution in [2.75, 3.05) is 13.7 Å². The molecule has 4 aromatic rings. The highest BCUT2D eigenvalue weighted by atomic mass is 16.5. The SMILES string of the molecule is COc1ccccc1C(=O)NCCCn1cnc2cc(-c3noc(CCC4CCCC4)n3)ccc21. The Labute approximate surface area is 204 Å². The zero-order valence-corrected chi connectivity index (χ0v) is 20.1. The molecule has 8 heteroatoms. The third-order valence-electron chi connectivity index (χ3n) is 6.80. The van der Waals surface area contributed by atoms with Crippen molar-refractivity contribution in [3.05, 3.63) is 60.2 Å². The molecule has 5 rings (SSSR count). The summed E-state index contributed by atoms with van der Waals surface area (Å²) in [6.45, 7) is 1.30. The Kier molecular flexibility index (Phi) is 7.07. The molecule has 0 unspecified atom stereocenters. The third-order valence-corrected chi connectivity index (χ3v) is 6.80. The highest BCUT2D eigenvalue weighted by molar-refractivity contribution is 5.96. The zero-order valence-electron chi connectivity index (χ0n) is 20.1. The van der Waals surface area contributed by atoms with E-state index in [0.29, 0.717) is 29.6 Å². The number of fused-ring (bicyclic) bond motifs is 1. The lowest BCUT2D eigenvalue weighted by atomic mass is 10.0. The Morgan fingerprint density at radius 3 is 2.91 bits per heavy atom. The predicted molar refractivity (Wildman–Crippen MR) is 133 cm³/mol. The van der Waals surface area contributed by atoms with E-state index < -0.39 is 0 Å². The van der Waals surface area contributed by atoms with E-state index in [0.717, 1.165) is 48.3 Å². The molecule has 0 atom stereocenters. The van der Waals surface area contributed by atoms with Gasteiger partial charge in [-0.3, -0.25) is 4.79 Å². The molecule has 1 aliphatic rings. The van der Waals surface area contributed by atoms with Crippen LogP contribution >= 0.6 is 0 Å². The second-order valence-electron chi connectivity index (χ2n) is 9.15. The van der Waals surface area contributed by atoms with E-state index in [-0.39, 0.29) is 5.91 Å². The summed E-state index contributed by atoms with van der Waals surface area (Å²) >= 11 is 0. The molecule has 0 radical (unpaired) electrons. The Bertz CT molecular complexity index is 1290. The molecular formula is C27H31N5O3. The topological polar surface area (TPSA) is 95.1 Å². The second-order valence-corrected chi connectivity index (χ2v) is 9.15. The average Bonchev–Trinajstić information content (AvgIpc) is 3.66. The fourth-order valence-corrected chi connectivity index (χ4v) is 4.86. The lowest BCUT2D eigenvalue weighted by molar-refractivity contribution is 0.0949. The minimum Gasteiger partial charge on any atom is -0.496 e. The molecule has 2 aromatic heterocycles. The number of hydrogen-bond acceptors (Lipinski definition) is 6. The molecule has 1 amide bonds. The van der Waals surface area contributed by atoms with Crippen molar-refractivity contribution in [1.82, 2.24) is 25.0 Å². The first-order chi connectivity index (χ1) is 17.2. The number of aryl methyl sites for hydroxylation is 2. The summed E-state index contributed by atoms with van der Waals surface area (Å²) in [7, 11) is 1.57. The standard InChI is InChI=1S/C27H31N5O3/c1-34-24-10-5-4-9-21(24)27(33)28-15-6-16-32-18-29-22-17-20(12-13-23(22)32)26-30-25(35-31-26)14-11-19-7-2-3-8-19/h4-5,9-10,12-13,17-19H,2-3,6-8,11,14-16H2,1H3,(H,28,33). The lowest BCUT2D eigenvalue weighted by Gasteiger charge is -2.09. The van der Waals surface area contributed by atoms with Gasteiger partial charge in [-0.2, -0.15) is 4.98 Å². The van der Waals surface area contributed by atoms with Gasteiger partial charge in [-0.25, -0.2) is 4.98 Å². The van der Waals surface area contributed by atoms with Gasteiger partial charge in [-0.05, 0) is 49.1 Å². The summed E-state index contributed by atoms with van der Waals surface area (Å²) in [5, 5.41) is 7.16. The summed E-state index contributed by atoms with van der Waals surface area (Å²) in [6.07, 6.45) is 9.95. The molecule has 1 aliphatic carbocycles. The van der Waals surface area contributed by atoms with Crippen LogP contribution in [0.5, 0.6) is 5.75 Å². The van der Waals surface area contributed by atoms with Gasteiger partial charge >= 0.3 is 0 Å². The van der Waals surface area contributed by atoms with E-state index in [1.54, 1.807) is 19.2 Å². The Morgan fingerprint density at radius 2 is 2.06 bits per heavy atom. The van der Waals surface area contributed by atoms with Gasteiger partial charge in [0.25, 0.3) is 5.91 Å².